The zero-order chi connectivity index (χ0) is 14.1. The lowest BCUT2D eigenvalue weighted by atomic mass is 9.85. The van der Waals surface area contributed by atoms with Crippen LogP contribution in [0.1, 0.15) is 65.7 Å². The van der Waals surface area contributed by atoms with Gasteiger partial charge >= 0.3 is 6.09 Å². The van der Waals surface area contributed by atoms with E-state index in [9.17, 15) is 9.90 Å². The van der Waals surface area contributed by atoms with Crippen LogP contribution in [0.15, 0.2) is 0 Å². The smallest absolute Gasteiger partial charge is 0.410 e. The van der Waals surface area contributed by atoms with Gasteiger partial charge in [0.25, 0.3) is 0 Å². The number of nitrogens with zero attached hydrogens (tertiary/aromatic N) is 1. The molecule has 1 spiro atoms. The highest BCUT2D eigenvalue weighted by Gasteiger charge is 2.50. The molecule has 2 aliphatic rings. The van der Waals surface area contributed by atoms with Crippen LogP contribution in [0.4, 0.5) is 4.79 Å². The molecule has 4 heteroatoms. The summed E-state index contributed by atoms with van der Waals surface area (Å²) in [5, 5.41) is 10.4. The van der Waals surface area contributed by atoms with Gasteiger partial charge in [-0.15, -0.1) is 0 Å². The number of aliphatic hydroxyl groups excluding tert-OH is 1. The summed E-state index contributed by atoms with van der Waals surface area (Å²) in [6, 6.07) is 0. The van der Waals surface area contributed by atoms with Gasteiger partial charge in [-0.3, -0.25) is 4.90 Å². The Labute approximate surface area is 116 Å². The van der Waals surface area contributed by atoms with Crippen LogP contribution in [-0.2, 0) is 4.74 Å². The number of aliphatic hydroxyl groups is 1. The minimum absolute atomic E-state index is 0.258. The molecule has 1 heterocycles. The van der Waals surface area contributed by atoms with E-state index in [4.69, 9.17) is 4.74 Å². The molecule has 1 saturated carbocycles. The topological polar surface area (TPSA) is 49.8 Å². The van der Waals surface area contributed by atoms with Crippen LogP contribution >= 0.6 is 0 Å². The molecule has 0 aromatic heterocycles. The lowest BCUT2D eigenvalue weighted by Gasteiger charge is -2.40. The SMILES string of the molecule is CC(C)(C)OC(=O)N1CCC(O)C12CCCCCC2. The molecule has 1 atom stereocenters. The van der Waals surface area contributed by atoms with Gasteiger partial charge in [0.15, 0.2) is 0 Å². The number of likely N-dealkylation sites (tertiary alicyclic amines) is 1. The largest absolute Gasteiger partial charge is 0.444 e. The Bertz CT molecular complexity index is 327. The van der Waals surface area contributed by atoms with E-state index in [0.717, 1.165) is 25.7 Å². The fourth-order valence-electron chi connectivity index (χ4n) is 3.46. The van der Waals surface area contributed by atoms with E-state index >= 15 is 0 Å². The number of carbonyl (C=O) groups is 1. The molecule has 0 aromatic carbocycles. The van der Waals surface area contributed by atoms with Gasteiger partial charge in [0.2, 0.25) is 0 Å². The van der Waals surface area contributed by atoms with E-state index in [2.05, 4.69) is 0 Å². The predicted molar refractivity (Wildman–Crippen MR) is 74.0 cm³/mol. The average Bonchev–Trinajstić information content (AvgIpc) is 2.49. The second-order valence-electron chi connectivity index (χ2n) is 6.95. The molecular formula is C15H27NO3. The van der Waals surface area contributed by atoms with Crippen molar-refractivity contribution in [2.75, 3.05) is 6.54 Å². The third-order valence-electron chi connectivity index (χ3n) is 4.37. The van der Waals surface area contributed by atoms with Gasteiger partial charge < -0.3 is 9.84 Å². The fraction of sp³-hybridized carbons (Fsp3) is 0.933. The highest BCUT2D eigenvalue weighted by atomic mass is 16.6. The van der Waals surface area contributed by atoms with Crippen molar-refractivity contribution in [3.8, 4) is 0 Å². The number of hydrogen-bond donors (Lipinski definition) is 1. The fourth-order valence-corrected chi connectivity index (χ4v) is 3.46. The first kappa shape index (κ1) is 14.6. The van der Waals surface area contributed by atoms with Gasteiger partial charge in [0.1, 0.15) is 5.60 Å². The van der Waals surface area contributed by atoms with Crippen LogP contribution in [0.3, 0.4) is 0 Å². The van der Waals surface area contributed by atoms with Gasteiger partial charge in [-0.25, -0.2) is 4.79 Å². The molecule has 0 aromatic rings. The van der Waals surface area contributed by atoms with Crippen molar-refractivity contribution in [1.82, 2.24) is 4.90 Å². The molecule has 1 amide bonds. The molecule has 0 radical (unpaired) electrons. The molecule has 2 rings (SSSR count). The normalized spacial score (nSPS) is 27.4. The second kappa shape index (κ2) is 5.31. The average molecular weight is 269 g/mol. The van der Waals surface area contributed by atoms with Crippen molar-refractivity contribution in [1.29, 1.82) is 0 Å². The van der Waals surface area contributed by atoms with Gasteiger partial charge in [-0.05, 0) is 40.0 Å². The predicted octanol–water partition coefficient (Wildman–Crippen LogP) is 3.08. The Morgan fingerprint density at radius 1 is 1.21 bits per heavy atom. The van der Waals surface area contributed by atoms with E-state index in [-0.39, 0.29) is 11.6 Å². The van der Waals surface area contributed by atoms with Crippen molar-refractivity contribution in [2.45, 2.75) is 83.0 Å². The Kier molecular flexibility index (Phi) is 4.09. The van der Waals surface area contributed by atoms with Crippen molar-refractivity contribution in [2.24, 2.45) is 0 Å². The summed E-state index contributed by atoms with van der Waals surface area (Å²) in [5.41, 5.74) is -0.838. The van der Waals surface area contributed by atoms with E-state index in [1.807, 2.05) is 25.7 Å². The first-order valence-corrected chi connectivity index (χ1v) is 7.54. The van der Waals surface area contributed by atoms with Crippen molar-refractivity contribution < 1.29 is 14.6 Å². The quantitative estimate of drug-likeness (QED) is 0.735. The van der Waals surface area contributed by atoms with E-state index in [1.165, 1.54) is 12.8 Å². The zero-order valence-electron chi connectivity index (χ0n) is 12.4. The van der Waals surface area contributed by atoms with E-state index in [1.54, 1.807) is 0 Å². The molecule has 19 heavy (non-hydrogen) atoms. The van der Waals surface area contributed by atoms with Crippen molar-refractivity contribution in [3.63, 3.8) is 0 Å². The Hall–Kier alpha value is -0.770. The molecule has 1 saturated heterocycles. The number of amides is 1. The van der Waals surface area contributed by atoms with Crippen molar-refractivity contribution >= 4 is 6.09 Å². The van der Waals surface area contributed by atoms with Gasteiger partial charge in [-0.2, -0.15) is 0 Å². The van der Waals surface area contributed by atoms with Crippen LogP contribution in [-0.4, -0.2) is 39.9 Å². The van der Waals surface area contributed by atoms with E-state index < -0.39 is 11.7 Å². The maximum absolute atomic E-state index is 12.4. The maximum Gasteiger partial charge on any atom is 0.410 e. The third kappa shape index (κ3) is 3.04. The molecule has 1 unspecified atom stereocenters. The maximum atomic E-state index is 12.4. The van der Waals surface area contributed by atoms with Gasteiger partial charge in [0, 0.05) is 6.54 Å². The highest BCUT2D eigenvalue weighted by Crippen LogP contribution is 2.41. The molecule has 1 N–H and O–H groups in total. The standard InChI is InChI=1S/C15H27NO3/c1-14(2,3)19-13(18)16-11-8-12(17)15(16)9-6-4-5-7-10-15/h12,17H,4-11H2,1-3H3. The molecule has 0 bridgehead atoms. The number of carbonyl (C=O) groups excluding carboxylic acids is 1. The summed E-state index contributed by atoms with van der Waals surface area (Å²) in [5.74, 6) is 0. The minimum Gasteiger partial charge on any atom is -0.444 e. The highest BCUT2D eigenvalue weighted by molar-refractivity contribution is 5.70. The number of ether oxygens (including phenoxy) is 1. The van der Waals surface area contributed by atoms with Crippen LogP contribution in [0.5, 0.6) is 0 Å². The monoisotopic (exact) mass is 269 g/mol. The van der Waals surface area contributed by atoms with Crippen LogP contribution in [0.25, 0.3) is 0 Å². The molecule has 2 fully saturated rings. The molecule has 110 valence electrons. The van der Waals surface area contributed by atoms with Crippen LogP contribution < -0.4 is 0 Å². The second-order valence-corrected chi connectivity index (χ2v) is 6.95. The third-order valence-corrected chi connectivity index (χ3v) is 4.37. The van der Waals surface area contributed by atoms with Crippen LogP contribution in [0, 0.1) is 0 Å². The minimum atomic E-state index is -0.476. The summed E-state index contributed by atoms with van der Waals surface area (Å²) in [6.45, 7) is 6.28. The molecule has 1 aliphatic heterocycles. The lowest BCUT2D eigenvalue weighted by molar-refractivity contribution is -0.0198. The van der Waals surface area contributed by atoms with E-state index in [0.29, 0.717) is 13.0 Å². The summed E-state index contributed by atoms with van der Waals surface area (Å²) < 4.78 is 5.51. The first-order chi connectivity index (χ1) is 8.85. The summed E-state index contributed by atoms with van der Waals surface area (Å²) >= 11 is 0. The summed E-state index contributed by atoms with van der Waals surface area (Å²) in [7, 11) is 0. The Morgan fingerprint density at radius 3 is 2.32 bits per heavy atom. The van der Waals surface area contributed by atoms with Gasteiger partial charge in [0.05, 0.1) is 11.6 Å². The Morgan fingerprint density at radius 2 is 1.79 bits per heavy atom. The zero-order valence-corrected chi connectivity index (χ0v) is 12.4. The summed E-state index contributed by atoms with van der Waals surface area (Å²) in [4.78, 5) is 14.2. The first-order valence-electron chi connectivity index (χ1n) is 7.54. The van der Waals surface area contributed by atoms with Crippen LogP contribution in [0.2, 0.25) is 0 Å². The number of rotatable bonds is 0. The van der Waals surface area contributed by atoms with Gasteiger partial charge in [-0.1, -0.05) is 25.7 Å². The Balaban J connectivity index is 2.16. The molecular weight excluding hydrogens is 242 g/mol. The molecule has 4 nitrogen and oxygen atoms in total. The van der Waals surface area contributed by atoms with Crippen molar-refractivity contribution in [3.05, 3.63) is 0 Å². The summed E-state index contributed by atoms with van der Waals surface area (Å²) in [6.07, 6.45) is 6.45. The molecule has 1 aliphatic carbocycles. The lowest BCUT2D eigenvalue weighted by Crippen LogP contribution is -2.53. The number of hydrogen-bond acceptors (Lipinski definition) is 3.